The van der Waals surface area contributed by atoms with Crippen molar-refractivity contribution in [1.29, 1.82) is 0 Å². The second kappa shape index (κ2) is 4.98. The van der Waals surface area contributed by atoms with E-state index in [9.17, 15) is 14.9 Å². The third-order valence-electron chi connectivity index (χ3n) is 4.77. The van der Waals surface area contributed by atoms with Crippen molar-refractivity contribution in [3.63, 3.8) is 0 Å². The maximum atomic E-state index is 12.1. The number of furan rings is 1. The lowest BCUT2D eigenvalue weighted by molar-refractivity contribution is -0.402. The number of amides is 1. The van der Waals surface area contributed by atoms with E-state index in [0.29, 0.717) is 5.92 Å². The summed E-state index contributed by atoms with van der Waals surface area (Å²) in [5, 5.41) is 14.3. The van der Waals surface area contributed by atoms with Gasteiger partial charge in [-0.2, -0.15) is 5.10 Å². The minimum Gasteiger partial charge on any atom is -0.400 e. The van der Waals surface area contributed by atoms with Crippen LogP contribution in [-0.4, -0.2) is 17.0 Å². The lowest BCUT2D eigenvalue weighted by Crippen LogP contribution is -2.22. The average Bonchev–Trinajstić information content (AvgIpc) is 2.80. The van der Waals surface area contributed by atoms with Crippen LogP contribution in [0.15, 0.2) is 21.7 Å². The zero-order valence-electron chi connectivity index (χ0n) is 11.7. The van der Waals surface area contributed by atoms with Crippen molar-refractivity contribution >= 4 is 18.0 Å². The summed E-state index contributed by atoms with van der Waals surface area (Å²) in [6.07, 6.45) is 5.88. The highest BCUT2D eigenvalue weighted by Gasteiger charge is 2.64. The molecule has 0 spiro atoms. The number of hydrazone groups is 1. The fourth-order valence-corrected chi connectivity index (χ4v) is 3.59. The molecule has 7 heteroatoms. The first-order valence-corrected chi connectivity index (χ1v) is 7.09. The van der Waals surface area contributed by atoms with E-state index in [2.05, 4.69) is 17.5 Å². The fraction of sp³-hybridized carbons (Fsp3) is 0.571. The van der Waals surface area contributed by atoms with Crippen LogP contribution < -0.4 is 5.43 Å². The van der Waals surface area contributed by atoms with Crippen molar-refractivity contribution in [2.24, 2.45) is 22.4 Å². The molecule has 0 radical (unpaired) electrons. The van der Waals surface area contributed by atoms with E-state index in [1.165, 1.54) is 31.2 Å². The minimum absolute atomic E-state index is 0.0445. The van der Waals surface area contributed by atoms with Crippen LogP contribution in [0.1, 0.15) is 38.4 Å². The molecule has 2 aliphatic carbocycles. The molecule has 1 heterocycles. The highest BCUT2D eigenvalue weighted by Crippen LogP contribution is 2.66. The number of hydrogen-bond donors (Lipinski definition) is 1. The number of nitro groups is 1. The minimum atomic E-state index is -0.619. The predicted octanol–water partition coefficient (Wildman–Crippen LogP) is 2.46. The second-order valence-electron chi connectivity index (χ2n) is 6.00. The van der Waals surface area contributed by atoms with Crippen LogP contribution in [0, 0.1) is 27.4 Å². The molecule has 2 fully saturated rings. The summed E-state index contributed by atoms with van der Waals surface area (Å²) in [6.45, 7) is 2.17. The highest BCUT2D eigenvalue weighted by atomic mass is 16.6. The number of rotatable bonds is 4. The van der Waals surface area contributed by atoms with E-state index in [-0.39, 0.29) is 28.9 Å². The maximum Gasteiger partial charge on any atom is 0.433 e. The molecule has 0 aliphatic heterocycles. The molecule has 0 saturated heterocycles. The smallest absolute Gasteiger partial charge is 0.400 e. The van der Waals surface area contributed by atoms with Gasteiger partial charge < -0.3 is 4.42 Å². The number of carbonyl (C=O) groups is 1. The maximum absolute atomic E-state index is 12.1. The van der Waals surface area contributed by atoms with Crippen LogP contribution in [0.2, 0.25) is 0 Å². The Labute approximate surface area is 121 Å². The molecule has 21 heavy (non-hydrogen) atoms. The van der Waals surface area contributed by atoms with Crippen molar-refractivity contribution in [3.05, 3.63) is 28.0 Å². The first-order valence-electron chi connectivity index (χ1n) is 7.09. The van der Waals surface area contributed by atoms with Gasteiger partial charge in [-0.25, -0.2) is 5.43 Å². The molecule has 3 rings (SSSR count). The van der Waals surface area contributed by atoms with Crippen molar-refractivity contribution < 1.29 is 14.1 Å². The molecular formula is C14H17N3O4. The van der Waals surface area contributed by atoms with Gasteiger partial charge in [0.25, 0.3) is 0 Å². The Bertz CT molecular complexity index is 609. The molecule has 1 amide bonds. The van der Waals surface area contributed by atoms with E-state index in [0.717, 1.165) is 12.8 Å². The first-order chi connectivity index (χ1) is 10.0. The molecule has 2 aliphatic rings. The Kier molecular flexibility index (Phi) is 3.27. The van der Waals surface area contributed by atoms with Crippen LogP contribution in [0.25, 0.3) is 0 Å². The molecule has 3 atom stereocenters. The van der Waals surface area contributed by atoms with Gasteiger partial charge in [-0.15, -0.1) is 0 Å². The number of nitrogens with zero attached hydrogens (tertiary/aromatic N) is 2. The Hall–Kier alpha value is -2.18. The van der Waals surface area contributed by atoms with E-state index < -0.39 is 4.92 Å². The summed E-state index contributed by atoms with van der Waals surface area (Å²) < 4.78 is 4.92. The number of nitrogens with one attached hydrogen (secondary N) is 1. The molecule has 1 N–H and O–H groups in total. The van der Waals surface area contributed by atoms with E-state index >= 15 is 0 Å². The molecule has 0 bridgehead atoms. The van der Waals surface area contributed by atoms with E-state index in [4.69, 9.17) is 4.42 Å². The number of carbonyl (C=O) groups excluding carboxylic acids is 1. The SMILES string of the molecule is C[C@]12CCCC[C@@H]1[C@@H]2C(=O)N/N=C\c1ccc([N+](=O)[O-])o1. The molecular weight excluding hydrogens is 274 g/mol. The summed E-state index contributed by atoms with van der Waals surface area (Å²) in [4.78, 5) is 22.0. The van der Waals surface area contributed by atoms with Crippen LogP contribution in [-0.2, 0) is 4.79 Å². The summed E-state index contributed by atoms with van der Waals surface area (Å²) in [5.74, 6) is 0.348. The van der Waals surface area contributed by atoms with Crippen molar-refractivity contribution in [3.8, 4) is 0 Å². The largest absolute Gasteiger partial charge is 0.433 e. The summed E-state index contributed by atoms with van der Waals surface area (Å²) >= 11 is 0. The Morgan fingerprint density at radius 2 is 2.38 bits per heavy atom. The lowest BCUT2D eigenvalue weighted by Gasteiger charge is -2.15. The lowest BCUT2D eigenvalue weighted by atomic mass is 9.90. The normalized spacial score (nSPS) is 30.9. The van der Waals surface area contributed by atoms with Crippen molar-refractivity contribution in [2.75, 3.05) is 0 Å². The second-order valence-corrected chi connectivity index (χ2v) is 6.00. The van der Waals surface area contributed by atoms with Gasteiger partial charge >= 0.3 is 5.88 Å². The first kappa shape index (κ1) is 13.8. The molecule has 7 nitrogen and oxygen atoms in total. The van der Waals surface area contributed by atoms with Crippen LogP contribution >= 0.6 is 0 Å². The molecule has 112 valence electrons. The standard InChI is InChI=1S/C14H17N3O4/c1-14-7-3-2-4-10(14)12(14)13(18)16-15-8-9-5-6-11(21-9)17(19)20/h5-6,8,10,12H,2-4,7H2,1H3,(H,16,18)/b15-8-/t10-,12-,14+/m1/s1. The van der Waals surface area contributed by atoms with Gasteiger partial charge in [0.15, 0.2) is 5.76 Å². The van der Waals surface area contributed by atoms with Gasteiger partial charge in [-0.05, 0) is 30.2 Å². The van der Waals surface area contributed by atoms with E-state index in [1.54, 1.807) is 0 Å². The molecule has 2 saturated carbocycles. The Morgan fingerprint density at radius 3 is 3.00 bits per heavy atom. The van der Waals surface area contributed by atoms with E-state index in [1.807, 2.05) is 0 Å². The molecule has 1 aromatic heterocycles. The van der Waals surface area contributed by atoms with Gasteiger partial charge in [0.1, 0.15) is 4.92 Å². The van der Waals surface area contributed by atoms with Crippen molar-refractivity contribution in [1.82, 2.24) is 5.43 Å². The van der Waals surface area contributed by atoms with Crippen LogP contribution in [0.5, 0.6) is 0 Å². The van der Waals surface area contributed by atoms with Gasteiger partial charge in [-0.3, -0.25) is 14.9 Å². The summed E-state index contributed by atoms with van der Waals surface area (Å²) in [7, 11) is 0. The summed E-state index contributed by atoms with van der Waals surface area (Å²) in [6, 6.07) is 2.69. The van der Waals surface area contributed by atoms with Crippen LogP contribution in [0.3, 0.4) is 0 Å². The average molecular weight is 291 g/mol. The Balaban J connectivity index is 1.56. The zero-order valence-corrected chi connectivity index (χ0v) is 11.7. The predicted molar refractivity (Wildman–Crippen MR) is 74.7 cm³/mol. The zero-order chi connectivity index (χ0) is 15.0. The van der Waals surface area contributed by atoms with Crippen molar-refractivity contribution in [2.45, 2.75) is 32.6 Å². The third kappa shape index (κ3) is 2.43. The highest BCUT2D eigenvalue weighted by molar-refractivity contribution is 5.85. The summed E-state index contributed by atoms with van der Waals surface area (Å²) in [5.41, 5.74) is 2.65. The number of hydrogen-bond acceptors (Lipinski definition) is 5. The molecule has 0 unspecified atom stereocenters. The van der Waals surface area contributed by atoms with Gasteiger partial charge in [-0.1, -0.05) is 19.8 Å². The molecule has 0 aromatic carbocycles. The third-order valence-corrected chi connectivity index (χ3v) is 4.77. The fourth-order valence-electron chi connectivity index (χ4n) is 3.59. The topological polar surface area (TPSA) is 97.7 Å². The quantitative estimate of drug-likeness (QED) is 0.523. The monoisotopic (exact) mass is 291 g/mol. The Morgan fingerprint density at radius 1 is 1.57 bits per heavy atom. The van der Waals surface area contributed by atoms with Gasteiger partial charge in [0.2, 0.25) is 5.91 Å². The van der Waals surface area contributed by atoms with Crippen LogP contribution in [0.4, 0.5) is 5.88 Å². The molecule has 1 aromatic rings. The number of fused-ring (bicyclic) bond motifs is 1. The van der Waals surface area contributed by atoms with Gasteiger partial charge in [0.05, 0.1) is 12.3 Å². The van der Waals surface area contributed by atoms with Gasteiger partial charge in [0, 0.05) is 5.92 Å².